The van der Waals surface area contributed by atoms with Crippen molar-refractivity contribution in [2.75, 3.05) is 32.8 Å². The molecule has 2 N–H and O–H groups in total. The number of carbonyl (C=O) groups is 1. The molecule has 0 bridgehead atoms. The van der Waals surface area contributed by atoms with Crippen LogP contribution < -0.4 is 10.1 Å². The zero-order valence-corrected chi connectivity index (χ0v) is 23.7. The molecule has 6 heteroatoms. The van der Waals surface area contributed by atoms with Crippen LogP contribution in [0.5, 0.6) is 5.75 Å². The number of carbonyl (C=O) groups excluding carboxylic acids is 1. The van der Waals surface area contributed by atoms with Crippen molar-refractivity contribution in [2.24, 2.45) is 0 Å². The monoisotopic (exact) mass is 499 g/mol. The van der Waals surface area contributed by atoms with Gasteiger partial charge < -0.3 is 24.6 Å². The number of rotatable bonds is 16. The maximum atomic E-state index is 13.1. The lowest BCUT2D eigenvalue weighted by Gasteiger charge is -2.34. The third-order valence-corrected chi connectivity index (χ3v) is 7.69. The summed E-state index contributed by atoms with van der Waals surface area (Å²) in [5.41, 5.74) is 3.99. The molecule has 202 valence electrons. The smallest absolute Gasteiger partial charge is 0.267 e. The molecule has 0 saturated heterocycles. The highest BCUT2D eigenvalue weighted by molar-refractivity contribution is 5.93. The molecule has 0 radical (unpaired) electrons. The maximum absolute atomic E-state index is 13.1. The fourth-order valence-corrected chi connectivity index (χ4v) is 5.14. The number of hydrogen-bond acceptors (Lipinski definition) is 4. The van der Waals surface area contributed by atoms with Gasteiger partial charge in [0.05, 0.1) is 6.10 Å². The van der Waals surface area contributed by atoms with Crippen LogP contribution in [-0.4, -0.2) is 59.4 Å². The number of benzene rings is 1. The Hall–Kier alpha value is -2.31. The van der Waals surface area contributed by atoms with E-state index in [1.54, 1.807) is 0 Å². The minimum atomic E-state index is -0.455. The Labute approximate surface area is 219 Å². The lowest BCUT2D eigenvalue weighted by atomic mass is 9.72. The summed E-state index contributed by atoms with van der Waals surface area (Å²) in [6.45, 7) is 19.7. The van der Waals surface area contributed by atoms with Gasteiger partial charge in [0.15, 0.2) is 0 Å². The predicted molar refractivity (Wildman–Crippen MR) is 149 cm³/mol. The first-order valence-corrected chi connectivity index (χ1v) is 13.9. The third-order valence-electron chi connectivity index (χ3n) is 7.69. The number of ether oxygens (including phenoxy) is 1. The fourth-order valence-electron chi connectivity index (χ4n) is 5.14. The van der Waals surface area contributed by atoms with Gasteiger partial charge in [-0.05, 0) is 88.5 Å². The molecular formula is C30H49N3O3. The maximum Gasteiger partial charge on any atom is 0.267 e. The van der Waals surface area contributed by atoms with Crippen LogP contribution in [-0.2, 0) is 12.0 Å². The van der Waals surface area contributed by atoms with Crippen molar-refractivity contribution >= 4 is 5.91 Å². The Morgan fingerprint density at radius 3 is 2.33 bits per heavy atom. The highest BCUT2D eigenvalue weighted by atomic mass is 16.5. The standard InChI is InChI=1S/C30H49N3O3/c1-8-25(34)22-36-27-17-15-24(21-23(27)7)30(9-2,10-3)28-18-16-26(33(28)13-6)29(35)31-19-14-20-32(11-4)12-5/h15-18,21,25,34H,8-14,19-20,22H2,1-7H3,(H,31,35). The Balaban J connectivity index is 2.28. The highest BCUT2D eigenvalue weighted by Crippen LogP contribution is 2.41. The number of hydrogen-bond donors (Lipinski definition) is 2. The molecule has 1 aromatic carbocycles. The fraction of sp³-hybridized carbons (Fsp3) is 0.633. The minimum Gasteiger partial charge on any atom is -0.491 e. The molecular weight excluding hydrogens is 450 g/mol. The van der Waals surface area contributed by atoms with Crippen molar-refractivity contribution in [2.45, 2.75) is 92.2 Å². The number of aryl methyl sites for hydroxylation is 1. The highest BCUT2D eigenvalue weighted by Gasteiger charge is 2.35. The van der Waals surface area contributed by atoms with E-state index in [2.05, 4.69) is 74.5 Å². The van der Waals surface area contributed by atoms with Crippen LogP contribution >= 0.6 is 0 Å². The van der Waals surface area contributed by atoms with Crippen LogP contribution in [0.15, 0.2) is 30.3 Å². The van der Waals surface area contributed by atoms with E-state index in [0.29, 0.717) is 19.6 Å². The molecule has 0 aliphatic heterocycles. The van der Waals surface area contributed by atoms with Crippen LogP contribution in [0.1, 0.15) is 94.5 Å². The summed E-state index contributed by atoms with van der Waals surface area (Å²) in [7, 11) is 0. The average Bonchev–Trinajstić information content (AvgIpc) is 3.33. The molecule has 0 aliphatic rings. The summed E-state index contributed by atoms with van der Waals surface area (Å²) in [4.78, 5) is 15.5. The summed E-state index contributed by atoms with van der Waals surface area (Å²) in [6.07, 6.45) is 3.01. The van der Waals surface area contributed by atoms with Gasteiger partial charge in [0.2, 0.25) is 0 Å². The Bertz CT molecular complexity index is 945. The van der Waals surface area contributed by atoms with Crippen LogP contribution in [0.3, 0.4) is 0 Å². The van der Waals surface area contributed by atoms with Crippen LogP contribution in [0, 0.1) is 6.92 Å². The molecule has 1 unspecified atom stereocenters. The molecule has 1 aromatic heterocycles. The molecule has 2 rings (SSSR count). The predicted octanol–water partition coefficient (Wildman–Crippen LogP) is 5.53. The summed E-state index contributed by atoms with van der Waals surface area (Å²) < 4.78 is 8.06. The lowest BCUT2D eigenvalue weighted by molar-refractivity contribution is 0.0942. The lowest BCUT2D eigenvalue weighted by Crippen LogP contribution is -2.33. The van der Waals surface area contributed by atoms with Gasteiger partial charge in [-0.25, -0.2) is 0 Å². The molecule has 1 amide bonds. The van der Waals surface area contributed by atoms with Crippen molar-refractivity contribution in [1.82, 2.24) is 14.8 Å². The number of amides is 1. The van der Waals surface area contributed by atoms with E-state index in [9.17, 15) is 9.90 Å². The number of aromatic nitrogens is 1. The zero-order chi connectivity index (χ0) is 26.7. The molecule has 0 saturated carbocycles. The van der Waals surface area contributed by atoms with Gasteiger partial charge in [-0.1, -0.05) is 46.8 Å². The van der Waals surface area contributed by atoms with Crippen LogP contribution in [0.2, 0.25) is 0 Å². The minimum absolute atomic E-state index is 0.00170. The first-order chi connectivity index (χ1) is 17.3. The van der Waals surface area contributed by atoms with Gasteiger partial charge in [-0.3, -0.25) is 4.79 Å². The number of aliphatic hydroxyl groups is 1. The van der Waals surface area contributed by atoms with Gasteiger partial charge in [0.25, 0.3) is 5.91 Å². The van der Waals surface area contributed by atoms with Crippen molar-refractivity contribution in [3.8, 4) is 5.75 Å². The Morgan fingerprint density at radius 2 is 1.78 bits per heavy atom. The van der Waals surface area contributed by atoms with Crippen LogP contribution in [0.4, 0.5) is 0 Å². The van der Waals surface area contributed by atoms with E-state index >= 15 is 0 Å². The zero-order valence-electron chi connectivity index (χ0n) is 23.7. The van der Waals surface area contributed by atoms with E-state index in [-0.39, 0.29) is 11.3 Å². The Kier molecular flexibility index (Phi) is 12.0. The van der Waals surface area contributed by atoms with Crippen molar-refractivity contribution in [3.63, 3.8) is 0 Å². The van der Waals surface area contributed by atoms with Crippen LogP contribution in [0.25, 0.3) is 0 Å². The second-order valence-corrected chi connectivity index (χ2v) is 9.63. The topological polar surface area (TPSA) is 66.7 Å². The van der Waals surface area contributed by atoms with E-state index in [1.807, 2.05) is 19.1 Å². The summed E-state index contributed by atoms with van der Waals surface area (Å²) in [5, 5.41) is 13.0. The first-order valence-electron chi connectivity index (χ1n) is 13.9. The van der Waals surface area contributed by atoms with Gasteiger partial charge in [0.1, 0.15) is 18.1 Å². The largest absolute Gasteiger partial charge is 0.491 e. The summed E-state index contributed by atoms with van der Waals surface area (Å²) in [5.74, 6) is 0.807. The van der Waals surface area contributed by atoms with Gasteiger partial charge >= 0.3 is 0 Å². The third kappa shape index (κ3) is 6.92. The molecule has 2 aromatic rings. The molecule has 0 aliphatic carbocycles. The van der Waals surface area contributed by atoms with Gasteiger partial charge in [-0.15, -0.1) is 0 Å². The molecule has 0 fully saturated rings. The summed E-state index contributed by atoms with van der Waals surface area (Å²) in [6, 6.07) is 10.5. The molecule has 0 spiro atoms. The van der Waals surface area contributed by atoms with Crippen molar-refractivity contribution in [3.05, 3.63) is 52.8 Å². The SMILES string of the molecule is CCC(O)COc1ccc(C(CC)(CC)c2ccc(C(=O)NCCCN(CC)CC)n2CC)cc1C. The van der Waals surface area contributed by atoms with E-state index in [1.165, 1.54) is 11.3 Å². The van der Waals surface area contributed by atoms with E-state index < -0.39 is 6.10 Å². The van der Waals surface area contributed by atoms with Gasteiger partial charge in [0, 0.05) is 24.2 Å². The second-order valence-electron chi connectivity index (χ2n) is 9.63. The normalized spacial score (nSPS) is 12.7. The number of nitrogens with zero attached hydrogens (tertiary/aromatic N) is 2. The van der Waals surface area contributed by atoms with Crippen molar-refractivity contribution < 1.29 is 14.6 Å². The molecule has 1 atom stereocenters. The van der Waals surface area contributed by atoms with Gasteiger partial charge in [-0.2, -0.15) is 0 Å². The van der Waals surface area contributed by atoms with Crippen molar-refractivity contribution in [1.29, 1.82) is 0 Å². The second kappa shape index (κ2) is 14.4. The summed E-state index contributed by atoms with van der Waals surface area (Å²) >= 11 is 0. The van der Waals surface area contributed by atoms with E-state index in [0.717, 1.165) is 62.4 Å². The molecule has 1 heterocycles. The molecule has 6 nitrogen and oxygen atoms in total. The first kappa shape index (κ1) is 29.9. The number of nitrogens with one attached hydrogen (secondary N) is 1. The quantitative estimate of drug-likeness (QED) is 0.298. The van der Waals surface area contributed by atoms with E-state index in [4.69, 9.17) is 4.74 Å². The Morgan fingerprint density at radius 1 is 1.08 bits per heavy atom. The number of aliphatic hydroxyl groups excluding tert-OH is 1. The molecule has 36 heavy (non-hydrogen) atoms. The average molecular weight is 500 g/mol.